The lowest BCUT2D eigenvalue weighted by Crippen LogP contribution is -2.46. The zero-order chi connectivity index (χ0) is 23.8. The van der Waals surface area contributed by atoms with Gasteiger partial charge in [-0.25, -0.2) is 0 Å². The Hall–Kier alpha value is -2.27. The summed E-state index contributed by atoms with van der Waals surface area (Å²) >= 11 is 0. The van der Waals surface area contributed by atoms with Gasteiger partial charge in [-0.2, -0.15) is 0 Å². The van der Waals surface area contributed by atoms with E-state index in [4.69, 9.17) is 9.47 Å². The topological polar surface area (TPSA) is 91.3 Å². The predicted molar refractivity (Wildman–Crippen MR) is 130 cm³/mol. The fourth-order valence-electron chi connectivity index (χ4n) is 5.05. The van der Waals surface area contributed by atoms with Gasteiger partial charge in [0.15, 0.2) is 11.5 Å². The summed E-state index contributed by atoms with van der Waals surface area (Å²) in [5, 5.41) is 24.7. The quantitative estimate of drug-likeness (QED) is 0.400. The standard InChI is InChI=1S/C27H38N2O5/c30-25(9-3-1-4-12-27(32)13-5-2-6-14-27)28-22(20-29-15-7-8-16-29)26(31)21-10-11-23-24(19-21)34-18-17-33-23/h10-11,19,22,26,31-32H,1-3,5-9,13-18,20H2,(H,28,30)/t22-,26?/m1/s1. The van der Waals surface area contributed by atoms with E-state index < -0.39 is 17.7 Å². The minimum atomic E-state index is -0.847. The van der Waals surface area contributed by atoms with E-state index in [-0.39, 0.29) is 5.91 Å². The molecule has 3 N–H and O–H groups in total. The highest BCUT2D eigenvalue weighted by Gasteiger charge is 2.28. The minimum Gasteiger partial charge on any atom is -0.486 e. The molecule has 1 saturated heterocycles. The number of likely N-dealkylation sites (tertiary alicyclic amines) is 1. The molecule has 1 unspecified atom stereocenters. The van der Waals surface area contributed by atoms with Gasteiger partial charge in [-0.3, -0.25) is 4.79 Å². The summed E-state index contributed by atoms with van der Waals surface area (Å²) < 4.78 is 11.3. The molecular weight excluding hydrogens is 432 g/mol. The first kappa shape index (κ1) is 24.8. The zero-order valence-electron chi connectivity index (χ0n) is 20.1. The van der Waals surface area contributed by atoms with E-state index in [1.807, 2.05) is 18.2 Å². The highest BCUT2D eigenvalue weighted by Crippen LogP contribution is 2.33. The maximum atomic E-state index is 12.7. The van der Waals surface area contributed by atoms with Crippen molar-refractivity contribution in [3.63, 3.8) is 0 Å². The molecule has 2 fully saturated rings. The lowest BCUT2D eigenvalue weighted by Gasteiger charge is -2.29. The minimum absolute atomic E-state index is 0.0843. The number of unbranched alkanes of at least 4 members (excludes halogenated alkanes) is 1. The Morgan fingerprint density at radius 2 is 1.82 bits per heavy atom. The van der Waals surface area contributed by atoms with Crippen LogP contribution in [0.25, 0.3) is 0 Å². The maximum absolute atomic E-state index is 12.7. The van der Waals surface area contributed by atoms with Crippen molar-refractivity contribution in [2.75, 3.05) is 32.8 Å². The van der Waals surface area contributed by atoms with Crippen LogP contribution in [0.5, 0.6) is 11.5 Å². The smallest absolute Gasteiger partial charge is 0.220 e. The van der Waals surface area contributed by atoms with E-state index in [1.165, 1.54) is 6.42 Å². The van der Waals surface area contributed by atoms with Gasteiger partial charge in [0.05, 0.1) is 6.04 Å². The van der Waals surface area contributed by atoms with Gasteiger partial charge >= 0.3 is 0 Å². The van der Waals surface area contributed by atoms with Crippen LogP contribution in [-0.4, -0.2) is 65.5 Å². The normalized spacial score (nSPS) is 21.2. The number of benzene rings is 1. The molecule has 4 rings (SSSR count). The van der Waals surface area contributed by atoms with E-state index in [2.05, 4.69) is 22.1 Å². The summed E-state index contributed by atoms with van der Waals surface area (Å²) in [4.78, 5) is 15.0. The molecule has 3 aliphatic rings. The third-order valence-corrected chi connectivity index (χ3v) is 7.00. The van der Waals surface area contributed by atoms with Crippen LogP contribution in [0.4, 0.5) is 0 Å². The van der Waals surface area contributed by atoms with Gasteiger partial charge < -0.3 is 29.9 Å². The van der Waals surface area contributed by atoms with Crippen molar-refractivity contribution in [3.05, 3.63) is 23.8 Å². The molecule has 2 aliphatic heterocycles. The average molecular weight is 471 g/mol. The number of hydrogen-bond donors (Lipinski definition) is 3. The molecule has 0 bridgehead atoms. The lowest BCUT2D eigenvalue weighted by molar-refractivity contribution is -0.123. The SMILES string of the molecule is O=C(CCCC#CC1(O)CCCCC1)N[C@H](CN1CCCC1)C(O)c1ccc2c(c1)OCCO2. The van der Waals surface area contributed by atoms with Gasteiger partial charge in [0.2, 0.25) is 5.91 Å². The van der Waals surface area contributed by atoms with Crippen LogP contribution in [0.3, 0.4) is 0 Å². The molecule has 1 aromatic rings. The number of fused-ring (bicyclic) bond motifs is 1. The Balaban J connectivity index is 1.32. The number of amides is 1. The van der Waals surface area contributed by atoms with Crippen molar-refractivity contribution in [3.8, 4) is 23.3 Å². The third kappa shape index (κ3) is 6.88. The second kappa shape index (κ2) is 11.9. The Morgan fingerprint density at radius 3 is 2.59 bits per heavy atom. The first-order valence-corrected chi connectivity index (χ1v) is 12.8. The monoisotopic (exact) mass is 470 g/mol. The molecule has 0 spiro atoms. The van der Waals surface area contributed by atoms with Gasteiger partial charge in [0.25, 0.3) is 0 Å². The summed E-state index contributed by atoms with van der Waals surface area (Å²) in [5.41, 5.74) is -0.130. The first-order valence-electron chi connectivity index (χ1n) is 12.8. The molecule has 1 aliphatic carbocycles. The van der Waals surface area contributed by atoms with E-state index in [0.717, 1.165) is 51.6 Å². The summed E-state index contributed by atoms with van der Waals surface area (Å²) in [7, 11) is 0. The molecule has 1 amide bonds. The number of aliphatic hydroxyl groups is 2. The number of nitrogens with zero attached hydrogens (tertiary/aromatic N) is 1. The largest absolute Gasteiger partial charge is 0.486 e. The third-order valence-electron chi connectivity index (χ3n) is 7.00. The van der Waals surface area contributed by atoms with Gasteiger partial charge in [0, 0.05) is 19.4 Å². The van der Waals surface area contributed by atoms with E-state index in [0.29, 0.717) is 56.1 Å². The molecule has 186 valence electrons. The van der Waals surface area contributed by atoms with Crippen LogP contribution >= 0.6 is 0 Å². The van der Waals surface area contributed by atoms with Crippen molar-refractivity contribution in [2.45, 2.75) is 82.0 Å². The molecule has 1 saturated carbocycles. The Labute approximate surface area is 202 Å². The van der Waals surface area contributed by atoms with Crippen LogP contribution < -0.4 is 14.8 Å². The fraction of sp³-hybridized carbons (Fsp3) is 0.667. The number of hydrogen-bond acceptors (Lipinski definition) is 6. The van der Waals surface area contributed by atoms with Crippen molar-refractivity contribution in [1.29, 1.82) is 0 Å². The van der Waals surface area contributed by atoms with Crippen molar-refractivity contribution < 1.29 is 24.5 Å². The van der Waals surface area contributed by atoms with E-state index >= 15 is 0 Å². The van der Waals surface area contributed by atoms with Crippen molar-refractivity contribution >= 4 is 5.91 Å². The maximum Gasteiger partial charge on any atom is 0.220 e. The summed E-state index contributed by atoms with van der Waals surface area (Å²) in [5.74, 6) is 7.34. The van der Waals surface area contributed by atoms with Crippen LogP contribution in [0.1, 0.15) is 75.9 Å². The summed E-state index contributed by atoms with van der Waals surface area (Å²) in [6, 6.07) is 5.06. The second-order valence-corrected chi connectivity index (χ2v) is 9.78. The molecule has 1 aromatic carbocycles. The molecule has 7 heteroatoms. The molecule has 2 heterocycles. The zero-order valence-corrected chi connectivity index (χ0v) is 20.1. The molecule has 0 aromatic heterocycles. The first-order chi connectivity index (χ1) is 16.5. The number of carbonyl (C=O) groups excluding carboxylic acids is 1. The summed E-state index contributed by atoms with van der Waals surface area (Å²) in [6.45, 7) is 3.58. The molecule has 0 radical (unpaired) electrons. The Bertz CT molecular complexity index is 881. The van der Waals surface area contributed by atoms with Gasteiger partial charge in [-0.05, 0) is 75.7 Å². The van der Waals surface area contributed by atoms with Crippen LogP contribution in [0.15, 0.2) is 18.2 Å². The second-order valence-electron chi connectivity index (χ2n) is 9.78. The molecule has 34 heavy (non-hydrogen) atoms. The molecule has 7 nitrogen and oxygen atoms in total. The number of carbonyl (C=O) groups is 1. The lowest BCUT2D eigenvalue weighted by atomic mass is 9.85. The van der Waals surface area contributed by atoms with Crippen molar-refractivity contribution in [1.82, 2.24) is 10.2 Å². The molecular formula is C27H38N2O5. The van der Waals surface area contributed by atoms with Crippen molar-refractivity contribution in [2.24, 2.45) is 0 Å². The van der Waals surface area contributed by atoms with E-state index in [1.54, 1.807) is 0 Å². The highest BCUT2D eigenvalue weighted by atomic mass is 16.6. The summed E-state index contributed by atoms with van der Waals surface area (Å²) in [6.07, 6.45) is 7.71. The number of nitrogens with one attached hydrogen (secondary N) is 1. The van der Waals surface area contributed by atoms with Gasteiger partial charge in [0.1, 0.15) is 24.9 Å². The van der Waals surface area contributed by atoms with Crippen LogP contribution in [0, 0.1) is 11.8 Å². The van der Waals surface area contributed by atoms with Crippen LogP contribution in [-0.2, 0) is 4.79 Å². The number of rotatable bonds is 8. The van der Waals surface area contributed by atoms with E-state index in [9.17, 15) is 15.0 Å². The predicted octanol–water partition coefficient (Wildman–Crippen LogP) is 2.94. The van der Waals surface area contributed by atoms with Crippen LogP contribution in [0.2, 0.25) is 0 Å². The number of aliphatic hydroxyl groups excluding tert-OH is 1. The number of ether oxygens (including phenoxy) is 2. The molecule has 2 atom stereocenters. The average Bonchev–Trinajstić information content (AvgIpc) is 3.36. The van der Waals surface area contributed by atoms with Gasteiger partial charge in [-0.1, -0.05) is 18.4 Å². The van der Waals surface area contributed by atoms with Gasteiger partial charge in [-0.15, -0.1) is 5.92 Å². The fourth-order valence-corrected chi connectivity index (χ4v) is 5.05. The highest BCUT2D eigenvalue weighted by molar-refractivity contribution is 5.76. The Kier molecular flexibility index (Phi) is 8.71. The Morgan fingerprint density at radius 1 is 1.09 bits per heavy atom.